The molecule has 2 N–H and O–H groups in total. The highest BCUT2D eigenvalue weighted by Gasteiger charge is 2.28. The summed E-state index contributed by atoms with van der Waals surface area (Å²) >= 11 is 0. The SMILES string of the molecule is Cc1cccnc1NCC1(O)CCCCC1. The van der Waals surface area contributed by atoms with Gasteiger partial charge in [0.25, 0.3) is 0 Å². The molecule has 1 aliphatic carbocycles. The average molecular weight is 220 g/mol. The van der Waals surface area contributed by atoms with Crippen LogP contribution in [0.3, 0.4) is 0 Å². The fourth-order valence-corrected chi connectivity index (χ4v) is 2.31. The molecule has 16 heavy (non-hydrogen) atoms. The fraction of sp³-hybridized carbons (Fsp3) is 0.615. The number of nitrogens with one attached hydrogen (secondary N) is 1. The van der Waals surface area contributed by atoms with Crippen molar-refractivity contribution in [2.24, 2.45) is 0 Å². The van der Waals surface area contributed by atoms with Crippen molar-refractivity contribution >= 4 is 5.82 Å². The smallest absolute Gasteiger partial charge is 0.128 e. The molecule has 0 aliphatic heterocycles. The van der Waals surface area contributed by atoms with Crippen molar-refractivity contribution in [3.05, 3.63) is 23.9 Å². The van der Waals surface area contributed by atoms with Gasteiger partial charge in [0, 0.05) is 12.7 Å². The lowest BCUT2D eigenvalue weighted by atomic mass is 9.85. The summed E-state index contributed by atoms with van der Waals surface area (Å²) in [6.45, 7) is 2.64. The van der Waals surface area contributed by atoms with Crippen LogP contribution in [0, 0.1) is 6.92 Å². The Hall–Kier alpha value is -1.09. The van der Waals surface area contributed by atoms with Crippen LogP contribution in [0.2, 0.25) is 0 Å². The Bertz CT molecular complexity index is 346. The van der Waals surface area contributed by atoms with Gasteiger partial charge in [-0.15, -0.1) is 0 Å². The summed E-state index contributed by atoms with van der Waals surface area (Å²) in [7, 11) is 0. The van der Waals surface area contributed by atoms with Gasteiger partial charge in [-0.05, 0) is 31.4 Å². The van der Waals surface area contributed by atoms with Crippen LogP contribution in [0.15, 0.2) is 18.3 Å². The van der Waals surface area contributed by atoms with Gasteiger partial charge >= 0.3 is 0 Å². The molecule has 0 unspecified atom stereocenters. The third-order valence-corrected chi connectivity index (χ3v) is 3.38. The molecule has 0 amide bonds. The van der Waals surface area contributed by atoms with Crippen LogP contribution < -0.4 is 5.32 Å². The molecule has 0 atom stereocenters. The van der Waals surface area contributed by atoms with Gasteiger partial charge in [0.15, 0.2) is 0 Å². The van der Waals surface area contributed by atoms with Crippen molar-refractivity contribution in [3.63, 3.8) is 0 Å². The molecule has 1 aliphatic rings. The second-order valence-electron chi connectivity index (χ2n) is 4.81. The standard InChI is InChI=1S/C13H20N2O/c1-11-6-5-9-14-12(11)15-10-13(16)7-3-2-4-8-13/h5-6,9,16H,2-4,7-8,10H2,1H3,(H,14,15). The van der Waals surface area contributed by atoms with Crippen LogP contribution in [0.1, 0.15) is 37.7 Å². The third-order valence-electron chi connectivity index (χ3n) is 3.38. The number of rotatable bonds is 3. The average Bonchev–Trinajstić information content (AvgIpc) is 2.29. The molecule has 1 saturated carbocycles. The van der Waals surface area contributed by atoms with E-state index in [2.05, 4.69) is 10.3 Å². The second-order valence-corrected chi connectivity index (χ2v) is 4.81. The number of nitrogens with zero attached hydrogens (tertiary/aromatic N) is 1. The van der Waals surface area contributed by atoms with E-state index in [1.807, 2.05) is 19.1 Å². The quantitative estimate of drug-likeness (QED) is 0.822. The number of aromatic nitrogens is 1. The zero-order valence-electron chi connectivity index (χ0n) is 9.87. The fourth-order valence-electron chi connectivity index (χ4n) is 2.31. The number of anilines is 1. The first-order valence-electron chi connectivity index (χ1n) is 6.07. The summed E-state index contributed by atoms with van der Waals surface area (Å²) in [5, 5.41) is 13.6. The summed E-state index contributed by atoms with van der Waals surface area (Å²) in [5.41, 5.74) is 0.601. The third kappa shape index (κ3) is 2.73. The van der Waals surface area contributed by atoms with Crippen molar-refractivity contribution in [2.45, 2.75) is 44.6 Å². The van der Waals surface area contributed by atoms with Crippen LogP contribution >= 0.6 is 0 Å². The number of pyridine rings is 1. The van der Waals surface area contributed by atoms with Crippen molar-refractivity contribution in [3.8, 4) is 0 Å². The summed E-state index contributed by atoms with van der Waals surface area (Å²) < 4.78 is 0. The van der Waals surface area contributed by atoms with E-state index in [9.17, 15) is 5.11 Å². The van der Waals surface area contributed by atoms with Crippen LogP contribution in [0.4, 0.5) is 5.82 Å². The van der Waals surface area contributed by atoms with E-state index in [-0.39, 0.29) is 0 Å². The molecule has 1 fully saturated rings. The first-order chi connectivity index (χ1) is 7.70. The lowest BCUT2D eigenvalue weighted by Crippen LogP contribution is -2.39. The van der Waals surface area contributed by atoms with E-state index in [0.717, 1.165) is 37.1 Å². The predicted octanol–water partition coefficient (Wildman–Crippen LogP) is 2.50. The lowest BCUT2D eigenvalue weighted by molar-refractivity contribution is 0.0166. The lowest BCUT2D eigenvalue weighted by Gasteiger charge is -2.32. The number of aryl methyl sites for hydroxylation is 1. The molecule has 0 spiro atoms. The summed E-state index contributed by atoms with van der Waals surface area (Å²) in [6, 6.07) is 3.95. The van der Waals surface area contributed by atoms with E-state index >= 15 is 0 Å². The zero-order chi connectivity index (χ0) is 11.4. The van der Waals surface area contributed by atoms with Crippen molar-refractivity contribution in [1.29, 1.82) is 0 Å². The van der Waals surface area contributed by atoms with E-state index in [4.69, 9.17) is 0 Å². The minimum Gasteiger partial charge on any atom is -0.388 e. The van der Waals surface area contributed by atoms with E-state index in [1.54, 1.807) is 6.20 Å². The molecule has 0 saturated heterocycles. The van der Waals surface area contributed by atoms with Crippen molar-refractivity contribution in [1.82, 2.24) is 4.98 Å². The molecular formula is C13H20N2O. The maximum Gasteiger partial charge on any atom is 0.128 e. The van der Waals surface area contributed by atoms with Gasteiger partial charge in [-0.1, -0.05) is 25.3 Å². The molecule has 1 aromatic rings. The Morgan fingerprint density at radius 3 is 2.81 bits per heavy atom. The monoisotopic (exact) mass is 220 g/mol. The molecular weight excluding hydrogens is 200 g/mol. The van der Waals surface area contributed by atoms with Crippen LogP contribution in [-0.4, -0.2) is 22.2 Å². The molecule has 1 aromatic heterocycles. The van der Waals surface area contributed by atoms with Crippen molar-refractivity contribution in [2.75, 3.05) is 11.9 Å². The Balaban J connectivity index is 1.94. The topological polar surface area (TPSA) is 45.2 Å². The molecule has 1 heterocycles. The van der Waals surface area contributed by atoms with E-state index in [0.29, 0.717) is 6.54 Å². The van der Waals surface area contributed by atoms with Crippen LogP contribution in [0.25, 0.3) is 0 Å². The van der Waals surface area contributed by atoms with Crippen LogP contribution in [0.5, 0.6) is 0 Å². The maximum absolute atomic E-state index is 10.3. The number of hydrogen-bond donors (Lipinski definition) is 2. The van der Waals surface area contributed by atoms with Gasteiger partial charge < -0.3 is 10.4 Å². The number of hydrogen-bond acceptors (Lipinski definition) is 3. The Morgan fingerprint density at radius 1 is 1.38 bits per heavy atom. The summed E-state index contributed by atoms with van der Waals surface area (Å²) in [6.07, 6.45) is 7.13. The molecule has 3 heteroatoms. The Labute approximate surface area is 96.9 Å². The minimum atomic E-state index is -0.526. The molecule has 0 bridgehead atoms. The molecule has 88 valence electrons. The zero-order valence-corrected chi connectivity index (χ0v) is 9.87. The minimum absolute atomic E-state index is 0.526. The maximum atomic E-state index is 10.3. The van der Waals surface area contributed by atoms with Gasteiger partial charge in [0.2, 0.25) is 0 Å². The van der Waals surface area contributed by atoms with Gasteiger partial charge in [0.05, 0.1) is 5.60 Å². The van der Waals surface area contributed by atoms with Gasteiger partial charge in [0.1, 0.15) is 5.82 Å². The first-order valence-corrected chi connectivity index (χ1v) is 6.07. The molecule has 0 aromatic carbocycles. The van der Waals surface area contributed by atoms with E-state index < -0.39 is 5.60 Å². The van der Waals surface area contributed by atoms with Crippen molar-refractivity contribution < 1.29 is 5.11 Å². The van der Waals surface area contributed by atoms with Gasteiger partial charge in [-0.2, -0.15) is 0 Å². The van der Waals surface area contributed by atoms with Gasteiger partial charge in [-0.25, -0.2) is 4.98 Å². The molecule has 3 nitrogen and oxygen atoms in total. The second kappa shape index (κ2) is 4.83. The largest absolute Gasteiger partial charge is 0.388 e. The summed E-state index contributed by atoms with van der Waals surface area (Å²) in [5.74, 6) is 0.890. The highest BCUT2D eigenvalue weighted by Crippen LogP contribution is 2.28. The summed E-state index contributed by atoms with van der Waals surface area (Å²) in [4.78, 5) is 4.27. The highest BCUT2D eigenvalue weighted by atomic mass is 16.3. The van der Waals surface area contributed by atoms with Crippen LogP contribution in [-0.2, 0) is 0 Å². The highest BCUT2D eigenvalue weighted by molar-refractivity contribution is 5.42. The van der Waals surface area contributed by atoms with Gasteiger partial charge in [-0.3, -0.25) is 0 Å². The Kier molecular flexibility index (Phi) is 3.44. The number of aliphatic hydroxyl groups is 1. The normalized spacial score (nSPS) is 19.4. The first kappa shape index (κ1) is 11.4. The van der Waals surface area contributed by atoms with E-state index in [1.165, 1.54) is 6.42 Å². The predicted molar refractivity (Wildman–Crippen MR) is 65.5 cm³/mol. The molecule has 2 rings (SSSR count). The Morgan fingerprint density at radius 2 is 2.12 bits per heavy atom. The molecule has 0 radical (unpaired) electrons.